The predicted octanol–water partition coefficient (Wildman–Crippen LogP) is 4.24. The molecule has 0 radical (unpaired) electrons. The maximum atomic E-state index is 12.6. The summed E-state index contributed by atoms with van der Waals surface area (Å²) in [6.07, 6.45) is 2.18. The largest absolute Gasteiger partial charge is 0.491 e. The van der Waals surface area contributed by atoms with Crippen molar-refractivity contribution in [1.29, 1.82) is 0 Å². The van der Waals surface area contributed by atoms with E-state index in [0.29, 0.717) is 29.2 Å². The lowest BCUT2D eigenvalue weighted by atomic mass is 10.0. The number of nitrogens with zero attached hydrogens (tertiary/aromatic N) is 1. The Morgan fingerprint density at radius 3 is 2.59 bits per heavy atom. The first-order valence-corrected chi connectivity index (χ1v) is 10.5. The van der Waals surface area contributed by atoms with E-state index in [1.54, 1.807) is 24.3 Å². The fraction of sp³-hybridized carbons (Fsp3) is 0.320. The molecule has 7 heteroatoms. The minimum atomic E-state index is -0.515. The Labute approximate surface area is 186 Å². The maximum Gasteiger partial charge on any atom is 0.340 e. The van der Waals surface area contributed by atoms with Crippen LogP contribution in [-0.2, 0) is 20.8 Å². The molecule has 32 heavy (non-hydrogen) atoms. The van der Waals surface area contributed by atoms with E-state index in [2.05, 4.69) is 4.98 Å². The Balaban J connectivity index is 1.45. The van der Waals surface area contributed by atoms with Crippen LogP contribution in [0.15, 0.2) is 48.5 Å². The molecule has 4 rings (SSSR count). The van der Waals surface area contributed by atoms with Gasteiger partial charge in [0.1, 0.15) is 19.0 Å². The summed E-state index contributed by atoms with van der Waals surface area (Å²) in [6.45, 7) is 2.96. The van der Waals surface area contributed by atoms with Crippen LogP contribution < -0.4 is 4.74 Å². The quantitative estimate of drug-likeness (QED) is 0.513. The van der Waals surface area contributed by atoms with E-state index in [1.807, 2.05) is 31.2 Å². The standard InChI is InChI=1S/C25H25NO6/c1-16-20-7-3-4-8-21(20)26-22(23(16)25(28)29-2)15-32-24(27)17-9-11-18(12-10-17)31-14-19-6-5-13-30-19/h3-4,7-12,19H,5-6,13-15H2,1-2H3. The van der Waals surface area contributed by atoms with Gasteiger partial charge in [0, 0.05) is 12.0 Å². The van der Waals surface area contributed by atoms with Gasteiger partial charge < -0.3 is 18.9 Å². The maximum absolute atomic E-state index is 12.6. The Morgan fingerprint density at radius 2 is 1.88 bits per heavy atom. The summed E-state index contributed by atoms with van der Waals surface area (Å²) in [4.78, 5) is 29.5. The highest BCUT2D eigenvalue weighted by Gasteiger charge is 2.21. The number of benzene rings is 2. The average Bonchev–Trinajstić information content (AvgIpc) is 3.35. The van der Waals surface area contributed by atoms with Crippen molar-refractivity contribution in [3.05, 3.63) is 70.9 Å². The number of hydrogen-bond donors (Lipinski definition) is 0. The number of esters is 2. The monoisotopic (exact) mass is 435 g/mol. The Bertz CT molecular complexity index is 1120. The molecule has 1 unspecified atom stereocenters. The van der Waals surface area contributed by atoms with Crippen molar-refractivity contribution in [2.24, 2.45) is 0 Å². The number of carbonyl (C=O) groups is 2. The Morgan fingerprint density at radius 1 is 1.09 bits per heavy atom. The third-order valence-electron chi connectivity index (χ3n) is 5.51. The van der Waals surface area contributed by atoms with Gasteiger partial charge in [-0.25, -0.2) is 14.6 Å². The van der Waals surface area contributed by atoms with Crippen LogP contribution in [0.2, 0.25) is 0 Å². The van der Waals surface area contributed by atoms with Gasteiger partial charge in [0.15, 0.2) is 0 Å². The molecule has 0 bridgehead atoms. The molecule has 1 aliphatic rings. The first-order valence-electron chi connectivity index (χ1n) is 10.5. The third-order valence-corrected chi connectivity index (χ3v) is 5.51. The molecule has 2 heterocycles. The van der Waals surface area contributed by atoms with Crippen LogP contribution in [0, 0.1) is 6.92 Å². The van der Waals surface area contributed by atoms with E-state index < -0.39 is 11.9 Å². The summed E-state index contributed by atoms with van der Waals surface area (Å²) in [6, 6.07) is 14.2. The number of ether oxygens (including phenoxy) is 4. The molecule has 2 aromatic carbocycles. The molecule has 1 saturated heterocycles. The minimum absolute atomic E-state index is 0.126. The van der Waals surface area contributed by atoms with Gasteiger partial charge in [0.05, 0.1) is 35.6 Å². The highest BCUT2D eigenvalue weighted by Crippen LogP contribution is 2.24. The van der Waals surface area contributed by atoms with Gasteiger partial charge in [-0.05, 0) is 55.7 Å². The van der Waals surface area contributed by atoms with Gasteiger partial charge >= 0.3 is 11.9 Å². The van der Waals surface area contributed by atoms with E-state index in [1.165, 1.54) is 7.11 Å². The molecule has 1 atom stereocenters. The van der Waals surface area contributed by atoms with Crippen LogP contribution in [0.5, 0.6) is 5.75 Å². The van der Waals surface area contributed by atoms with Crippen molar-refractivity contribution in [2.75, 3.05) is 20.3 Å². The summed E-state index contributed by atoms with van der Waals surface area (Å²) < 4.78 is 21.7. The number of pyridine rings is 1. The van der Waals surface area contributed by atoms with E-state index in [4.69, 9.17) is 18.9 Å². The van der Waals surface area contributed by atoms with Gasteiger partial charge in [-0.2, -0.15) is 0 Å². The predicted molar refractivity (Wildman–Crippen MR) is 118 cm³/mol. The molecule has 0 amide bonds. The topological polar surface area (TPSA) is 84.0 Å². The van der Waals surface area contributed by atoms with Crippen molar-refractivity contribution >= 4 is 22.8 Å². The molecule has 1 fully saturated rings. The smallest absolute Gasteiger partial charge is 0.340 e. The number of aryl methyl sites for hydroxylation is 1. The lowest BCUT2D eigenvalue weighted by Gasteiger charge is -2.14. The molecule has 1 aromatic heterocycles. The second-order valence-electron chi connectivity index (χ2n) is 7.61. The highest BCUT2D eigenvalue weighted by molar-refractivity contribution is 5.98. The zero-order chi connectivity index (χ0) is 22.5. The van der Waals surface area contributed by atoms with Crippen LogP contribution in [0.3, 0.4) is 0 Å². The highest BCUT2D eigenvalue weighted by atomic mass is 16.5. The molecule has 3 aromatic rings. The summed E-state index contributed by atoms with van der Waals surface area (Å²) in [7, 11) is 1.31. The number of para-hydroxylation sites is 1. The van der Waals surface area contributed by atoms with Crippen LogP contribution in [0.25, 0.3) is 10.9 Å². The van der Waals surface area contributed by atoms with E-state index in [0.717, 1.165) is 35.9 Å². The van der Waals surface area contributed by atoms with E-state index in [-0.39, 0.29) is 12.7 Å². The number of aromatic nitrogens is 1. The van der Waals surface area contributed by atoms with Gasteiger partial charge in [0.2, 0.25) is 0 Å². The minimum Gasteiger partial charge on any atom is -0.491 e. The lowest BCUT2D eigenvalue weighted by molar-refractivity contribution is 0.0455. The number of carbonyl (C=O) groups excluding carboxylic acids is 2. The molecule has 166 valence electrons. The van der Waals surface area contributed by atoms with Gasteiger partial charge in [-0.3, -0.25) is 0 Å². The van der Waals surface area contributed by atoms with Crippen LogP contribution in [0.4, 0.5) is 0 Å². The van der Waals surface area contributed by atoms with Crippen molar-refractivity contribution in [1.82, 2.24) is 4.98 Å². The molecule has 1 aliphatic heterocycles. The molecular formula is C25H25NO6. The van der Waals surface area contributed by atoms with E-state index >= 15 is 0 Å². The molecule has 0 aliphatic carbocycles. The van der Waals surface area contributed by atoms with Crippen LogP contribution in [0.1, 0.15) is 44.8 Å². The SMILES string of the molecule is COC(=O)c1c(COC(=O)c2ccc(OCC3CCCO3)cc2)nc2ccccc2c1C. The number of fused-ring (bicyclic) bond motifs is 1. The fourth-order valence-electron chi connectivity index (χ4n) is 3.79. The van der Waals surface area contributed by atoms with Crippen molar-refractivity contribution < 1.29 is 28.5 Å². The summed E-state index contributed by atoms with van der Waals surface area (Å²) in [5, 5.41) is 0.849. The zero-order valence-electron chi connectivity index (χ0n) is 18.1. The van der Waals surface area contributed by atoms with E-state index in [9.17, 15) is 9.59 Å². The molecule has 0 saturated carbocycles. The second-order valence-corrected chi connectivity index (χ2v) is 7.61. The normalized spacial score (nSPS) is 15.5. The first kappa shape index (κ1) is 21.8. The Hall–Kier alpha value is -3.45. The van der Waals surface area contributed by atoms with Gasteiger partial charge in [-0.1, -0.05) is 18.2 Å². The zero-order valence-corrected chi connectivity index (χ0v) is 18.1. The number of hydrogen-bond acceptors (Lipinski definition) is 7. The van der Waals surface area contributed by atoms with Crippen LogP contribution in [-0.4, -0.2) is 43.4 Å². The summed E-state index contributed by atoms with van der Waals surface area (Å²) >= 11 is 0. The molecular weight excluding hydrogens is 410 g/mol. The Kier molecular flexibility index (Phi) is 6.66. The summed E-state index contributed by atoms with van der Waals surface area (Å²) in [5.74, 6) is -0.365. The first-order chi connectivity index (χ1) is 15.6. The second kappa shape index (κ2) is 9.78. The molecule has 0 N–H and O–H groups in total. The van der Waals surface area contributed by atoms with Crippen molar-refractivity contribution in [3.63, 3.8) is 0 Å². The number of rotatable bonds is 7. The van der Waals surface area contributed by atoms with Crippen molar-refractivity contribution in [3.8, 4) is 5.75 Å². The fourth-order valence-corrected chi connectivity index (χ4v) is 3.79. The third kappa shape index (κ3) is 4.73. The summed E-state index contributed by atoms with van der Waals surface area (Å²) in [5.41, 5.74) is 2.51. The number of methoxy groups -OCH3 is 1. The van der Waals surface area contributed by atoms with Gasteiger partial charge in [0.25, 0.3) is 0 Å². The van der Waals surface area contributed by atoms with Crippen LogP contribution >= 0.6 is 0 Å². The molecule has 0 spiro atoms. The van der Waals surface area contributed by atoms with Crippen molar-refractivity contribution in [2.45, 2.75) is 32.5 Å². The molecule has 7 nitrogen and oxygen atoms in total. The lowest BCUT2D eigenvalue weighted by Crippen LogP contribution is -2.16. The average molecular weight is 435 g/mol. The van der Waals surface area contributed by atoms with Gasteiger partial charge in [-0.15, -0.1) is 0 Å².